The molecule has 1 aromatic heterocycles. The summed E-state index contributed by atoms with van der Waals surface area (Å²) in [6, 6.07) is 2.24. The van der Waals surface area contributed by atoms with E-state index < -0.39 is 0 Å². The lowest BCUT2D eigenvalue weighted by Crippen LogP contribution is -2.31. The van der Waals surface area contributed by atoms with Gasteiger partial charge in [-0.05, 0) is 31.2 Å². The molecule has 1 aliphatic carbocycles. The number of primary amides is 1. The zero-order valence-electron chi connectivity index (χ0n) is 9.69. The topological polar surface area (TPSA) is 75.4 Å². The van der Waals surface area contributed by atoms with Gasteiger partial charge in [0.1, 0.15) is 0 Å². The van der Waals surface area contributed by atoms with Crippen molar-refractivity contribution >= 4 is 17.2 Å². The van der Waals surface area contributed by atoms with Gasteiger partial charge >= 0.3 is 0 Å². The Morgan fingerprint density at radius 3 is 2.94 bits per heavy atom. The van der Waals surface area contributed by atoms with Gasteiger partial charge in [0, 0.05) is 29.5 Å². The lowest BCUT2D eigenvalue weighted by molar-refractivity contribution is 0.100. The number of amides is 1. The van der Waals surface area contributed by atoms with Crippen LogP contribution in [0.5, 0.6) is 0 Å². The van der Waals surface area contributed by atoms with Crippen LogP contribution in [0.15, 0.2) is 11.4 Å². The number of nitrogens with two attached hydrogens (primary N) is 1. The molecule has 0 aromatic carbocycles. The largest absolute Gasteiger partial charge is 0.396 e. The van der Waals surface area contributed by atoms with E-state index >= 15 is 0 Å². The standard InChI is InChI=1S/C12H18N2O2S/c13-12(16)9-5-10(17-7-9)6-14-11(3-4-15)8-1-2-8/h5,7-8,11,14-15H,1-4,6H2,(H2,13,16). The fourth-order valence-corrected chi connectivity index (χ4v) is 2.80. The number of rotatable bonds is 7. The van der Waals surface area contributed by atoms with Crippen LogP contribution in [0.1, 0.15) is 34.5 Å². The highest BCUT2D eigenvalue weighted by molar-refractivity contribution is 7.10. The fraction of sp³-hybridized carbons (Fsp3) is 0.583. The van der Waals surface area contributed by atoms with Crippen molar-refractivity contribution < 1.29 is 9.90 Å². The van der Waals surface area contributed by atoms with Crippen molar-refractivity contribution in [3.8, 4) is 0 Å². The first-order valence-electron chi connectivity index (χ1n) is 5.92. The molecule has 1 unspecified atom stereocenters. The van der Waals surface area contributed by atoms with Gasteiger partial charge in [-0.2, -0.15) is 0 Å². The second kappa shape index (κ2) is 5.62. The van der Waals surface area contributed by atoms with Crippen molar-refractivity contribution in [3.63, 3.8) is 0 Å². The highest BCUT2D eigenvalue weighted by Crippen LogP contribution is 2.34. The van der Waals surface area contributed by atoms with Gasteiger partial charge in [-0.3, -0.25) is 4.79 Å². The Labute approximate surface area is 105 Å². The molecule has 0 aliphatic heterocycles. The van der Waals surface area contributed by atoms with Gasteiger partial charge in [-0.25, -0.2) is 0 Å². The molecule has 1 atom stereocenters. The maximum atomic E-state index is 10.9. The van der Waals surface area contributed by atoms with Crippen LogP contribution in [0, 0.1) is 5.92 Å². The summed E-state index contributed by atoms with van der Waals surface area (Å²) in [4.78, 5) is 12.1. The first kappa shape index (κ1) is 12.5. The van der Waals surface area contributed by atoms with Crippen LogP contribution in [0.4, 0.5) is 0 Å². The quantitative estimate of drug-likeness (QED) is 0.682. The molecule has 4 nitrogen and oxygen atoms in total. The SMILES string of the molecule is NC(=O)c1csc(CNC(CCO)C2CC2)c1. The van der Waals surface area contributed by atoms with E-state index in [2.05, 4.69) is 5.32 Å². The average Bonchev–Trinajstić information content (AvgIpc) is 3.02. The summed E-state index contributed by atoms with van der Waals surface area (Å²) < 4.78 is 0. The van der Waals surface area contributed by atoms with E-state index in [0.29, 0.717) is 11.6 Å². The van der Waals surface area contributed by atoms with Gasteiger partial charge in [0.25, 0.3) is 0 Å². The van der Waals surface area contributed by atoms with Crippen LogP contribution < -0.4 is 11.1 Å². The maximum Gasteiger partial charge on any atom is 0.249 e. The van der Waals surface area contributed by atoms with Gasteiger partial charge in [-0.1, -0.05) is 0 Å². The average molecular weight is 254 g/mol. The van der Waals surface area contributed by atoms with E-state index in [4.69, 9.17) is 10.8 Å². The molecule has 17 heavy (non-hydrogen) atoms. The molecule has 1 aromatic rings. The highest BCUT2D eigenvalue weighted by Gasteiger charge is 2.30. The number of carbonyl (C=O) groups excluding carboxylic acids is 1. The predicted molar refractivity (Wildman–Crippen MR) is 67.9 cm³/mol. The molecule has 94 valence electrons. The molecule has 1 saturated carbocycles. The van der Waals surface area contributed by atoms with E-state index in [1.165, 1.54) is 12.8 Å². The summed E-state index contributed by atoms with van der Waals surface area (Å²) in [7, 11) is 0. The number of carbonyl (C=O) groups is 1. The van der Waals surface area contributed by atoms with Crippen LogP contribution >= 0.6 is 11.3 Å². The van der Waals surface area contributed by atoms with Crippen LogP contribution in [-0.4, -0.2) is 23.7 Å². The minimum Gasteiger partial charge on any atom is -0.396 e. The van der Waals surface area contributed by atoms with Crippen LogP contribution in [-0.2, 0) is 6.54 Å². The van der Waals surface area contributed by atoms with Crippen molar-refractivity contribution in [2.45, 2.75) is 31.8 Å². The van der Waals surface area contributed by atoms with Crippen LogP contribution in [0.3, 0.4) is 0 Å². The first-order valence-corrected chi connectivity index (χ1v) is 6.80. The minimum absolute atomic E-state index is 0.227. The number of aliphatic hydroxyl groups excluding tert-OH is 1. The second-order valence-corrected chi connectivity index (χ2v) is 5.50. The molecular weight excluding hydrogens is 236 g/mol. The number of hydrogen-bond acceptors (Lipinski definition) is 4. The van der Waals surface area contributed by atoms with E-state index in [1.54, 1.807) is 16.7 Å². The number of aliphatic hydroxyl groups is 1. The normalized spacial score (nSPS) is 17.0. The fourth-order valence-electron chi connectivity index (χ4n) is 1.98. The molecule has 1 amide bonds. The Hall–Kier alpha value is -0.910. The molecule has 0 saturated heterocycles. The van der Waals surface area contributed by atoms with Crippen molar-refractivity contribution in [2.24, 2.45) is 11.7 Å². The van der Waals surface area contributed by atoms with E-state index in [0.717, 1.165) is 23.8 Å². The molecule has 4 N–H and O–H groups in total. The molecule has 1 aliphatic rings. The summed E-state index contributed by atoms with van der Waals surface area (Å²) in [5.41, 5.74) is 5.78. The van der Waals surface area contributed by atoms with Crippen molar-refractivity contribution in [1.82, 2.24) is 5.32 Å². The summed E-state index contributed by atoms with van der Waals surface area (Å²) in [5, 5.41) is 14.2. The molecule has 1 fully saturated rings. The van der Waals surface area contributed by atoms with Crippen molar-refractivity contribution in [3.05, 3.63) is 21.9 Å². The Kier molecular flexibility index (Phi) is 4.15. The van der Waals surface area contributed by atoms with Gasteiger partial charge < -0.3 is 16.2 Å². The van der Waals surface area contributed by atoms with Crippen LogP contribution in [0.2, 0.25) is 0 Å². The van der Waals surface area contributed by atoms with Gasteiger partial charge in [0.2, 0.25) is 5.91 Å². The smallest absolute Gasteiger partial charge is 0.249 e. The molecule has 5 heteroatoms. The Morgan fingerprint density at radius 2 is 2.41 bits per heavy atom. The van der Waals surface area contributed by atoms with E-state index in [1.807, 2.05) is 6.07 Å². The number of nitrogens with one attached hydrogen (secondary N) is 1. The molecule has 0 bridgehead atoms. The van der Waals surface area contributed by atoms with Gasteiger partial charge in [-0.15, -0.1) is 11.3 Å². The summed E-state index contributed by atoms with van der Waals surface area (Å²) >= 11 is 1.54. The first-order chi connectivity index (χ1) is 8.20. The predicted octanol–water partition coefficient (Wildman–Crippen LogP) is 1.10. The lowest BCUT2D eigenvalue weighted by Gasteiger charge is -2.16. The Balaban J connectivity index is 1.84. The summed E-state index contributed by atoms with van der Waals surface area (Å²) in [5.74, 6) is 0.347. The third-order valence-electron chi connectivity index (χ3n) is 3.11. The van der Waals surface area contributed by atoms with Gasteiger partial charge in [0.15, 0.2) is 0 Å². The summed E-state index contributed by atoms with van der Waals surface area (Å²) in [6.07, 6.45) is 3.32. The number of thiophene rings is 1. The third-order valence-corrected chi connectivity index (χ3v) is 4.04. The molecule has 0 spiro atoms. The Bertz CT molecular complexity index is 388. The van der Waals surface area contributed by atoms with Crippen LogP contribution in [0.25, 0.3) is 0 Å². The van der Waals surface area contributed by atoms with Crippen molar-refractivity contribution in [1.29, 1.82) is 0 Å². The molecule has 0 radical (unpaired) electrons. The van der Waals surface area contributed by atoms with Crippen molar-refractivity contribution in [2.75, 3.05) is 6.61 Å². The monoisotopic (exact) mass is 254 g/mol. The lowest BCUT2D eigenvalue weighted by atomic mass is 10.1. The zero-order valence-corrected chi connectivity index (χ0v) is 10.5. The second-order valence-electron chi connectivity index (χ2n) is 4.50. The maximum absolute atomic E-state index is 10.9. The molecule has 2 rings (SSSR count). The minimum atomic E-state index is -0.374. The number of hydrogen-bond donors (Lipinski definition) is 3. The highest BCUT2D eigenvalue weighted by atomic mass is 32.1. The molecular formula is C12H18N2O2S. The van der Waals surface area contributed by atoms with E-state index in [9.17, 15) is 4.79 Å². The summed E-state index contributed by atoms with van der Waals surface area (Å²) in [6.45, 7) is 0.976. The third kappa shape index (κ3) is 3.52. The Morgan fingerprint density at radius 1 is 1.65 bits per heavy atom. The van der Waals surface area contributed by atoms with E-state index in [-0.39, 0.29) is 12.5 Å². The zero-order chi connectivity index (χ0) is 12.3. The van der Waals surface area contributed by atoms with Gasteiger partial charge in [0.05, 0.1) is 5.56 Å². The molecule has 1 heterocycles.